The van der Waals surface area contributed by atoms with Gasteiger partial charge in [-0.05, 0) is 30.5 Å². The molecule has 0 saturated heterocycles. The molecule has 0 radical (unpaired) electrons. The van der Waals surface area contributed by atoms with Gasteiger partial charge in [0.05, 0.1) is 13.7 Å². The molecule has 0 aliphatic heterocycles. The summed E-state index contributed by atoms with van der Waals surface area (Å²) in [5.74, 6) is -0.291. The van der Waals surface area contributed by atoms with E-state index in [0.29, 0.717) is 18.3 Å². The van der Waals surface area contributed by atoms with E-state index in [1.54, 1.807) is 12.1 Å². The smallest absolute Gasteiger partial charge is 0.317 e. The number of methoxy groups -OCH3 is 1. The third-order valence-electron chi connectivity index (χ3n) is 3.81. The number of aromatic hydroxyl groups is 1. The molecule has 1 aromatic rings. The molecule has 20 heavy (non-hydrogen) atoms. The summed E-state index contributed by atoms with van der Waals surface area (Å²) in [6.07, 6.45) is 4.42. The molecule has 2 N–H and O–H groups in total. The average molecular weight is 279 g/mol. The van der Waals surface area contributed by atoms with Crippen molar-refractivity contribution in [3.8, 4) is 11.5 Å². The Morgan fingerprint density at radius 3 is 2.65 bits per heavy atom. The van der Waals surface area contributed by atoms with Crippen LogP contribution in [0.1, 0.15) is 31.2 Å². The fourth-order valence-corrected chi connectivity index (χ4v) is 2.83. The van der Waals surface area contributed by atoms with Gasteiger partial charge in [0.1, 0.15) is 0 Å². The zero-order chi connectivity index (χ0) is 14.5. The highest BCUT2D eigenvalue weighted by Crippen LogP contribution is 2.29. The number of hydrogen-bond acceptors (Lipinski definition) is 4. The van der Waals surface area contributed by atoms with Crippen molar-refractivity contribution in [1.82, 2.24) is 4.90 Å². The van der Waals surface area contributed by atoms with Crippen LogP contribution in [0.4, 0.5) is 0 Å². The Bertz CT molecular complexity index is 469. The minimum absolute atomic E-state index is 0.0391. The van der Waals surface area contributed by atoms with Gasteiger partial charge in [0.2, 0.25) is 0 Å². The molecule has 2 rings (SSSR count). The Labute approximate surface area is 118 Å². The maximum atomic E-state index is 11.0. The number of rotatable bonds is 6. The molecular formula is C15H21NO4. The van der Waals surface area contributed by atoms with E-state index in [1.165, 1.54) is 7.11 Å². The van der Waals surface area contributed by atoms with Gasteiger partial charge < -0.3 is 14.9 Å². The average Bonchev–Trinajstić information content (AvgIpc) is 2.91. The molecule has 1 fully saturated rings. The lowest BCUT2D eigenvalue weighted by molar-refractivity contribution is -0.139. The van der Waals surface area contributed by atoms with E-state index in [1.807, 2.05) is 11.0 Å². The number of aliphatic carboxylic acids is 1. The first-order chi connectivity index (χ1) is 9.60. The molecule has 0 aromatic heterocycles. The van der Waals surface area contributed by atoms with Gasteiger partial charge in [-0.1, -0.05) is 18.9 Å². The van der Waals surface area contributed by atoms with Crippen LogP contribution >= 0.6 is 0 Å². The van der Waals surface area contributed by atoms with E-state index in [9.17, 15) is 9.90 Å². The zero-order valence-electron chi connectivity index (χ0n) is 11.7. The van der Waals surface area contributed by atoms with Crippen molar-refractivity contribution < 1.29 is 19.7 Å². The van der Waals surface area contributed by atoms with Crippen LogP contribution in [0.25, 0.3) is 0 Å². The monoisotopic (exact) mass is 279 g/mol. The molecule has 1 aliphatic rings. The summed E-state index contributed by atoms with van der Waals surface area (Å²) in [6.45, 7) is 0.575. The lowest BCUT2D eigenvalue weighted by atomic mass is 10.1. The molecule has 0 unspecified atom stereocenters. The highest BCUT2D eigenvalue weighted by molar-refractivity contribution is 5.69. The Morgan fingerprint density at radius 1 is 1.40 bits per heavy atom. The van der Waals surface area contributed by atoms with E-state index in [4.69, 9.17) is 9.84 Å². The molecule has 5 nitrogen and oxygen atoms in total. The maximum absolute atomic E-state index is 11.0. The number of phenols is 1. The highest BCUT2D eigenvalue weighted by Gasteiger charge is 2.24. The van der Waals surface area contributed by atoms with Crippen LogP contribution in [0, 0.1) is 0 Å². The second-order valence-corrected chi connectivity index (χ2v) is 5.24. The van der Waals surface area contributed by atoms with Crippen LogP contribution in [0.5, 0.6) is 11.5 Å². The molecule has 1 aliphatic carbocycles. The Hall–Kier alpha value is -1.75. The Kier molecular flexibility index (Phi) is 4.84. The van der Waals surface area contributed by atoms with Gasteiger partial charge in [0.25, 0.3) is 0 Å². The number of phenolic OH excluding ortho intramolecular Hbond substituents is 1. The fourth-order valence-electron chi connectivity index (χ4n) is 2.83. The molecule has 0 spiro atoms. The normalized spacial score (nSPS) is 15.7. The van der Waals surface area contributed by atoms with Crippen molar-refractivity contribution in [3.05, 3.63) is 23.8 Å². The number of nitrogens with zero attached hydrogens (tertiary/aromatic N) is 1. The van der Waals surface area contributed by atoms with Crippen LogP contribution in [-0.4, -0.2) is 40.8 Å². The molecule has 0 bridgehead atoms. The van der Waals surface area contributed by atoms with Crippen molar-refractivity contribution >= 4 is 5.97 Å². The summed E-state index contributed by atoms with van der Waals surface area (Å²) in [6, 6.07) is 5.54. The molecule has 0 amide bonds. The first kappa shape index (κ1) is 14.7. The molecule has 110 valence electrons. The van der Waals surface area contributed by atoms with Crippen molar-refractivity contribution in [2.45, 2.75) is 38.3 Å². The molecule has 0 atom stereocenters. The molecule has 1 aromatic carbocycles. The van der Waals surface area contributed by atoms with Crippen molar-refractivity contribution in [2.75, 3.05) is 13.7 Å². The van der Waals surface area contributed by atoms with Gasteiger partial charge in [0.15, 0.2) is 11.5 Å². The van der Waals surface area contributed by atoms with Gasteiger partial charge in [-0.25, -0.2) is 0 Å². The first-order valence-corrected chi connectivity index (χ1v) is 6.92. The third kappa shape index (κ3) is 3.63. The zero-order valence-corrected chi connectivity index (χ0v) is 11.7. The Balaban J connectivity index is 2.10. The maximum Gasteiger partial charge on any atom is 0.317 e. The standard InChI is InChI=1S/C15H21NO4/c1-20-14-7-6-11(8-13(14)17)9-16(10-15(18)19)12-4-2-3-5-12/h6-8,12,17H,2-5,9-10H2,1H3,(H,18,19). The predicted octanol–water partition coefficient (Wildman–Crippen LogP) is 2.23. The predicted molar refractivity (Wildman–Crippen MR) is 75.0 cm³/mol. The number of hydrogen-bond donors (Lipinski definition) is 2. The van der Waals surface area contributed by atoms with Crippen LogP contribution < -0.4 is 4.74 Å². The summed E-state index contributed by atoms with van der Waals surface area (Å²) in [5, 5.41) is 18.8. The lowest BCUT2D eigenvalue weighted by Gasteiger charge is -2.27. The number of carboxylic acid groups (broad SMARTS) is 1. The molecule has 0 heterocycles. The van der Waals surface area contributed by atoms with Crippen molar-refractivity contribution in [2.24, 2.45) is 0 Å². The largest absolute Gasteiger partial charge is 0.504 e. The summed E-state index contributed by atoms with van der Waals surface area (Å²) >= 11 is 0. The van der Waals surface area contributed by atoms with Crippen molar-refractivity contribution in [3.63, 3.8) is 0 Å². The van der Waals surface area contributed by atoms with Crippen LogP contribution in [0.2, 0.25) is 0 Å². The number of carboxylic acids is 1. The van der Waals surface area contributed by atoms with E-state index < -0.39 is 5.97 Å². The number of carbonyl (C=O) groups is 1. The minimum Gasteiger partial charge on any atom is -0.504 e. The first-order valence-electron chi connectivity index (χ1n) is 6.92. The summed E-state index contributed by atoms with van der Waals surface area (Å²) in [7, 11) is 1.50. The summed E-state index contributed by atoms with van der Waals surface area (Å²) < 4.78 is 5.01. The SMILES string of the molecule is COc1ccc(CN(CC(=O)O)C2CCCC2)cc1O. The molecule has 5 heteroatoms. The lowest BCUT2D eigenvalue weighted by Crippen LogP contribution is -2.37. The summed E-state index contributed by atoms with van der Waals surface area (Å²) in [5.41, 5.74) is 0.899. The second kappa shape index (κ2) is 6.61. The Morgan fingerprint density at radius 2 is 2.10 bits per heavy atom. The van der Waals surface area contributed by atoms with Crippen LogP contribution in [0.3, 0.4) is 0 Å². The van der Waals surface area contributed by atoms with Crippen LogP contribution in [-0.2, 0) is 11.3 Å². The fraction of sp³-hybridized carbons (Fsp3) is 0.533. The van der Waals surface area contributed by atoms with Gasteiger partial charge in [0, 0.05) is 12.6 Å². The third-order valence-corrected chi connectivity index (χ3v) is 3.81. The highest BCUT2D eigenvalue weighted by atomic mass is 16.5. The van der Waals surface area contributed by atoms with Gasteiger partial charge in [-0.3, -0.25) is 9.69 Å². The van der Waals surface area contributed by atoms with E-state index >= 15 is 0 Å². The van der Waals surface area contributed by atoms with Gasteiger partial charge in [-0.15, -0.1) is 0 Å². The number of ether oxygens (including phenoxy) is 1. The molecular weight excluding hydrogens is 258 g/mol. The van der Waals surface area contributed by atoms with Gasteiger partial charge >= 0.3 is 5.97 Å². The minimum atomic E-state index is -0.811. The quantitative estimate of drug-likeness (QED) is 0.835. The second-order valence-electron chi connectivity index (χ2n) is 5.24. The molecule has 1 saturated carbocycles. The number of benzene rings is 1. The van der Waals surface area contributed by atoms with Crippen LogP contribution in [0.15, 0.2) is 18.2 Å². The summed E-state index contributed by atoms with van der Waals surface area (Å²) in [4.78, 5) is 13.0. The van der Waals surface area contributed by atoms with E-state index in [2.05, 4.69) is 0 Å². The van der Waals surface area contributed by atoms with E-state index in [0.717, 1.165) is 31.2 Å². The van der Waals surface area contributed by atoms with Crippen molar-refractivity contribution in [1.29, 1.82) is 0 Å². The van der Waals surface area contributed by atoms with Gasteiger partial charge in [-0.2, -0.15) is 0 Å². The van der Waals surface area contributed by atoms with E-state index in [-0.39, 0.29) is 12.3 Å². The topological polar surface area (TPSA) is 70.0 Å².